The topological polar surface area (TPSA) is 111 Å². The highest BCUT2D eigenvalue weighted by molar-refractivity contribution is 7.47. The third-order valence-corrected chi connectivity index (χ3v) is 18.7. The maximum atomic E-state index is 13.6. The van der Waals surface area contributed by atoms with Crippen molar-refractivity contribution in [2.75, 3.05) is 40.9 Å². The first-order valence-corrected chi connectivity index (χ1v) is 39.5. The van der Waals surface area contributed by atoms with E-state index in [1.807, 2.05) is 27.2 Å². The second kappa shape index (κ2) is 65.7. The van der Waals surface area contributed by atoms with Crippen LogP contribution in [0.1, 0.15) is 406 Å². The lowest BCUT2D eigenvalue weighted by Crippen LogP contribution is -2.47. The van der Waals surface area contributed by atoms with Crippen LogP contribution in [0.2, 0.25) is 0 Å². The number of likely N-dealkylation sites (N-methyl/N-ethyl adjacent to an activating group) is 1. The largest absolute Gasteiger partial charge is 0.472 e. The maximum absolute atomic E-state index is 13.6. The second-order valence-electron chi connectivity index (χ2n) is 27.5. The molecule has 506 valence electrons. The summed E-state index contributed by atoms with van der Waals surface area (Å²) < 4.78 is 30.9. The maximum Gasteiger partial charge on any atom is 0.472 e. The molecule has 0 saturated carbocycles. The molecule has 2 N–H and O–H groups in total. The Labute approximate surface area is 531 Å². The van der Waals surface area contributed by atoms with Gasteiger partial charge in [0.25, 0.3) is 0 Å². The van der Waals surface area contributed by atoms with Crippen molar-refractivity contribution in [2.45, 2.75) is 418 Å². The molecule has 3 unspecified atom stereocenters. The van der Waals surface area contributed by atoms with Crippen LogP contribution in [0, 0.1) is 0 Å². The standard InChI is InChI=1S/C75H149N2O7P/c1-7-10-13-16-19-22-25-28-30-32-34-36-37-38-39-41-43-45-47-50-53-56-59-62-65-68-75(79)84-73(66-63-60-57-54-51-48-27-24-21-18-15-12-9-3)72(71-83-85(80,81)82-70-69-77(4,5)6)76-74(78)67-64-61-58-55-52-49-46-44-42-40-35-33-31-29-26-23-20-17-14-11-8-2/h63,66,72-73H,7-62,64-65,67-71H2,1-6H3,(H-,76,78,80,81)/p+1/b66-63+. The summed E-state index contributed by atoms with van der Waals surface area (Å²) in [6.45, 7) is 7.11. The first-order chi connectivity index (χ1) is 41.4. The Morgan fingerprint density at radius 3 is 0.965 bits per heavy atom. The molecule has 0 aromatic rings. The molecule has 85 heavy (non-hydrogen) atoms. The van der Waals surface area contributed by atoms with E-state index in [1.54, 1.807) is 0 Å². The number of esters is 1. The molecule has 9 nitrogen and oxygen atoms in total. The Kier molecular flexibility index (Phi) is 64.7. The molecule has 0 radical (unpaired) electrons. The molecule has 0 bridgehead atoms. The van der Waals surface area contributed by atoms with Gasteiger partial charge < -0.3 is 19.4 Å². The van der Waals surface area contributed by atoms with Gasteiger partial charge in [-0.15, -0.1) is 0 Å². The zero-order valence-electron chi connectivity index (χ0n) is 58.1. The van der Waals surface area contributed by atoms with Crippen LogP contribution in [-0.4, -0.2) is 74.3 Å². The highest BCUT2D eigenvalue weighted by Crippen LogP contribution is 2.43. The number of hydrogen-bond acceptors (Lipinski definition) is 6. The van der Waals surface area contributed by atoms with E-state index in [0.29, 0.717) is 23.9 Å². The fourth-order valence-electron chi connectivity index (χ4n) is 11.9. The van der Waals surface area contributed by atoms with Crippen molar-refractivity contribution in [1.82, 2.24) is 5.32 Å². The quantitative estimate of drug-likeness (QED) is 0.0205. The van der Waals surface area contributed by atoms with Gasteiger partial charge in [0.1, 0.15) is 19.3 Å². The van der Waals surface area contributed by atoms with E-state index in [-0.39, 0.29) is 25.1 Å². The molecule has 10 heteroatoms. The average Bonchev–Trinajstić information content (AvgIpc) is 3.53. The van der Waals surface area contributed by atoms with Gasteiger partial charge in [-0.1, -0.05) is 374 Å². The summed E-state index contributed by atoms with van der Waals surface area (Å²) in [5.41, 5.74) is 0. The highest BCUT2D eigenvalue weighted by Gasteiger charge is 2.30. The predicted molar refractivity (Wildman–Crippen MR) is 370 cm³/mol. The zero-order valence-corrected chi connectivity index (χ0v) is 59.0. The van der Waals surface area contributed by atoms with Crippen LogP contribution >= 0.6 is 7.82 Å². The van der Waals surface area contributed by atoms with Gasteiger partial charge in [0.15, 0.2) is 0 Å². The first-order valence-electron chi connectivity index (χ1n) is 38.0. The molecule has 0 rings (SSSR count). The molecule has 3 atom stereocenters. The lowest BCUT2D eigenvalue weighted by Gasteiger charge is -2.27. The van der Waals surface area contributed by atoms with Crippen LogP contribution < -0.4 is 5.32 Å². The Bertz CT molecular complexity index is 1450. The molecule has 0 fully saturated rings. The molecular formula is C75H150N2O7P+. The van der Waals surface area contributed by atoms with Gasteiger partial charge in [0.2, 0.25) is 5.91 Å². The summed E-state index contributed by atoms with van der Waals surface area (Å²) in [6, 6.07) is -0.841. The lowest BCUT2D eigenvalue weighted by molar-refractivity contribution is -0.870. The summed E-state index contributed by atoms with van der Waals surface area (Å²) in [6.07, 6.45) is 79.5. The second-order valence-corrected chi connectivity index (χ2v) is 29.0. The van der Waals surface area contributed by atoms with E-state index in [4.69, 9.17) is 13.8 Å². The number of carbonyl (C=O) groups is 2. The van der Waals surface area contributed by atoms with Crippen molar-refractivity contribution in [3.05, 3.63) is 12.2 Å². The van der Waals surface area contributed by atoms with E-state index >= 15 is 0 Å². The van der Waals surface area contributed by atoms with Crippen LogP contribution in [0.5, 0.6) is 0 Å². The SMILES string of the molecule is CCCCCCCCCCCCC/C=C/C(OC(=O)CCCCCCCCCCCCCCCCCCCCCCCCCCC)C(COP(=O)(O)OCC[N+](C)(C)C)NC(=O)CCCCCCCCCCCCCCCCCCCCCCC. The van der Waals surface area contributed by atoms with Crippen molar-refractivity contribution in [2.24, 2.45) is 0 Å². The highest BCUT2D eigenvalue weighted by atomic mass is 31.2. The summed E-state index contributed by atoms with van der Waals surface area (Å²) in [4.78, 5) is 38.0. The van der Waals surface area contributed by atoms with E-state index < -0.39 is 20.0 Å². The van der Waals surface area contributed by atoms with Crippen LogP contribution in [0.4, 0.5) is 0 Å². The van der Waals surface area contributed by atoms with Crippen LogP contribution in [0.15, 0.2) is 12.2 Å². The number of hydrogen-bond donors (Lipinski definition) is 2. The lowest BCUT2D eigenvalue weighted by atomic mass is 10.0. The van der Waals surface area contributed by atoms with E-state index in [0.717, 1.165) is 57.8 Å². The number of nitrogens with zero attached hydrogens (tertiary/aromatic N) is 1. The Morgan fingerprint density at radius 2 is 0.671 bits per heavy atom. The van der Waals surface area contributed by atoms with E-state index in [2.05, 4.69) is 32.2 Å². The van der Waals surface area contributed by atoms with Crippen molar-refractivity contribution in [3.8, 4) is 0 Å². The van der Waals surface area contributed by atoms with Crippen molar-refractivity contribution in [3.63, 3.8) is 0 Å². The Morgan fingerprint density at radius 1 is 0.400 bits per heavy atom. The predicted octanol–water partition coefficient (Wildman–Crippen LogP) is 24.2. The zero-order chi connectivity index (χ0) is 62.1. The number of nitrogens with one attached hydrogen (secondary N) is 1. The van der Waals surface area contributed by atoms with E-state index in [9.17, 15) is 19.0 Å². The minimum Gasteiger partial charge on any atom is -0.456 e. The van der Waals surface area contributed by atoms with Gasteiger partial charge in [-0.05, 0) is 31.8 Å². The minimum atomic E-state index is -4.45. The summed E-state index contributed by atoms with van der Waals surface area (Å²) in [7, 11) is 1.53. The fraction of sp³-hybridized carbons (Fsp3) is 0.947. The minimum absolute atomic E-state index is 0.0463. The molecule has 0 heterocycles. The number of unbranched alkanes of at least 4 members (excludes halogenated alkanes) is 55. The van der Waals surface area contributed by atoms with Gasteiger partial charge in [-0.3, -0.25) is 18.6 Å². The van der Waals surface area contributed by atoms with Crippen LogP contribution in [0.3, 0.4) is 0 Å². The number of quaternary nitrogens is 1. The molecular weight excluding hydrogens is 1070 g/mol. The van der Waals surface area contributed by atoms with Crippen LogP contribution in [0.25, 0.3) is 0 Å². The average molecular weight is 1220 g/mol. The van der Waals surface area contributed by atoms with E-state index in [1.165, 1.54) is 315 Å². The normalized spacial score (nSPS) is 13.4. The Balaban J connectivity index is 4.98. The molecule has 0 spiro atoms. The van der Waals surface area contributed by atoms with Crippen molar-refractivity contribution in [1.29, 1.82) is 0 Å². The number of ether oxygens (including phenoxy) is 1. The number of phosphoric acid groups is 1. The first kappa shape index (κ1) is 83.8. The third kappa shape index (κ3) is 67.0. The number of amides is 1. The summed E-state index contributed by atoms with van der Waals surface area (Å²) >= 11 is 0. The summed E-state index contributed by atoms with van der Waals surface area (Å²) in [5, 5.41) is 3.09. The smallest absolute Gasteiger partial charge is 0.456 e. The molecule has 0 aromatic heterocycles. The van der Waals surface area contributed by atoms with Crippen molar-refractivity contribution < 1.29 is 37.3 Å². The Hall–Kier alpha value is -1.25. The molecule has 0 saturated heterocycles. The number of phosphoric ester groups is 1. The molecule has 1 amide bonds. The van der Waals surface area contributed by atoms with Gasteiger partial charge in [-0.2, -0.15) is 0 Å². The van der Waals surface area contributed by atoms with Crippen LogP contribution in [-0.2, 0) is 27.9 Å². The third-order valence-electron chi connectivity index (χ3n) is 17.7. The van der Waals surface area contributed by atoms with Gasteiger partial charge in [0.05, 0.1) is 33.8 Å². The molecule has 0 aliphatic heterocycles. The van der Waals surface area contributed by atoms with Crippen molar-refractivity contribution >= 4 is 19.7 Å². The summed E-state index contributed by atoms with van der Waals surface area (Å²) in [5.74, 6) is -0.474. The fourth-order valence-corrected chi connectivity index (χ4v) is 12.6. The molecule has 0 aliphatic rings. The molecule has 0 aromatic carbocycles. The molecule has 0 aliphatic carbocycles. The number of carbonyl (C=O) groups excluding carboxylic acids is 2. The van der Waals surface area contributed by atoms with Gasteiger partial charge in [-0.25, -0.2) is 4.57 Å². The monoisotopic (exact) mass is 1220 g/mol. The van der Waals surface area contributed by atoms with Gasteiger partial charge >= 0.3 is 13.8 Å². The number of rotatable bonds is 71. The number of allylic oxidation sites excluding steroid dienone is 1. The van der Waals surface area contributed by atoms with Gasteiger partial charge in [0, 0.05) is 12.8 Å².